The summed E-state index contributed by atoms with van der Waals surface area (Å²) < 4.78 is 4.34. The maximum Gasteiger partial charge on any atom is 0.364 e. The third-order valence-corrected chi connectivity index (χ3v) is 2.51. The van der Waals surface area contributed by atoms with E-state index in [0.717, 1.165) is 0 Å². The van der Waals surface area contributed by atoms with Crippen molar-refractivity contribution in [3.8, 4) is 0 Å². The molecule has 124 valence electrons. The first kappa shape index (κ1) is 20.7. The number of hydrogen-bond donors (Lipinski definition) is 3. The Kier molecular flexibility index (Phi) is 8.06. The number of hydrogen-bond acceptors (Lipinski definition) is 8. The molecule has 0 saturated heterocycles. The predicted octanol–water partition coefficient (Wildman–Crippen LogP) is -0.0597. The summed E-state index contributed by atoms with van der Waals surface area (Å²) in [6.07, 6.45) is -1.14. The van der Waals surface area contributed by atoms with Crippen molar-refractivity contribution in [2.45, 2.75) is 18.4 Å². The molecular weight excluding hydrogens is 354 g/mol. The normalized spacial score (nSPS) is 12.4. The zero-order valence-electron chi connectivity index (χ0n) is 11.4. The number of ether oxygens (including phenoxy) is 1. The summed E-state index contributed by atoms with van der Waals surface area (Å²) in [4.78, 5) is 52.0. The topological polar surface area (TPSA) is 160 Å². The van der Waals surface area contributed by atoms with Crippen LogP contribution in [0.3, 0.4) is 0 Å². The van der Waals surface area contributed by atoms with Gasteiger partial charge in [-0.05, 0) is 12.1 Å². The fraction of sp³-hybridized carbons (Fsp3) is 0.250. The summed E-state index contributed by atoms with van der Waals surface area (Å²) in [5.74, 6) is -6.09. The van der Waals surface area contributed by atoms with E-state index in [-0.39, 0.29) is 23.1 Å². The van der Waals surface area contributed by atoms with E-state index in [1.54, 1.807) is 0 Å². The number of aromatic nitrogens is 1. The molecule has 1 rings (SSSR count). The zero-order chi connectivity index (χ0) is 16.8. The maximum absolute atomic E-state index is 11.6. The molecule has 0 fully saturated rings. The summed E-state index contributed by atoms with van der Waals surface area (Å²) in [6.45, 7) is 0. The fourth-order valence-electron chi connectivity index (χ4n) is 1.47. The number of carboxylic acids is 2. The van der Waals surface area contributed by atoms with Crippen LogP contribution in [-0.2, 0) is 41.4 Å². The van der Waals surface area contributed by atoms with Gasteiger partial charge in [-0.1, -0.05) is 6.07 Å². The molecule has 0 aliphatic heterocycles. The molecule has 0 bridgehead atoms. The Balaban J connectivity index is 0.00000484. The van der Waals surface area contributed by atoms with Gasteiger partial charge in [0.25, 0.3) is 0 Å². The third-order valence-electron chi connectivity index (χ3n) is 2.51. The molecule has 23 heavy (non-hydrogen) atoms. The quantitative estimate of drug-likeness (QED) is 0.258. The second kappa shape index (κ2) is 8.96. The predicted molar refractivity (Wildman–Crippen MR) is 65.6 cm³/mol. The van der Waals surface area contributed by atoms with E-state index in [4.69, 9.17) is 15.5 Å². The van der Waals surface area contributed by atoms with Crippen LogP contribution in [-0.4, -0.2) is 49.9 Å². The van der Waals surface area contributed by atoms with Crippen LogP contribution < -0.4 is 0 Å². The van der Waals surface area contributed by atoms with E-state index in [1.165, 1.54) is 24.4 Å². The maximum atomic E-state index is 11.6. The van der Waals surface area contributed by atoms with Crippen LogP contribution in [0.25, 0.3) is 0 Å². The Hall–Kier alpha value is -2.32. The number of rotatable bonds is 7. The molecule has 11 heteroatoms. The van der Waals surface area contributed by atoms with Crippen molar-refractivity contribution < 1.29 is 61.6 Å². The van der Waals surface area contributed by atoms with Gasteiger partial charge >= 0.3 is 23.9 Å². The van der Waals surface area contributed by atoms with Crippen LogP contribution in [0, 0.1) is 0 Å². The molecule has 0 amide bonds. The average molecular weight is 365 g/mol. The summed E-state index contributed by atoms with van der Waals surface area (Å²) in [5.41, 5.74) is -2.97. The summed E-state index contributed by atoms with van der Waals surface area (Å²) in [7, 11) is 0. The van der Waals surface area contributed by atoms with Crippen LogP contribution in [0.1, 0.15) is 23.3 Å². The molecule has 0 spiro atoms. The van der Waals surface area contributed by atoms with Gasteiger partial charge in [0.05, 0.1) is 12.8 Å². The average Bonchev–Trinajstić information content (AvgIpc) is 2.46. The Morgan fingerprint density at radius 3 is 2.22 bits per heavy atom. The molecule has 1 heterocycles. The monoisotopic (exact) mass is 365 g/mol. The molecular formula is C12H11CrNO9. The van der Waals surface area contributed by atoms with Gasteiger partial charge < -0.3 is 14.9 Å². The molecule has 1 unspecified atom stereocenters. The fourth-order valence-corrected chi connectivity index (χ4v) is 1.47. The first-order chi connectivity index (χ1) is 10.3. The number of carbonyl (C=O) groups excluding carboxylic acids is 2. The number of carbonyl (C=O) groups is 4. The van der Waals surface area contributed by atoms with Crippen LogP contribution >= 0.6 is 0 Å². The Morgan fingerprint density at radius 1 is 1.13 bits per heavy atom. The minimum Gasteiger partial charge on any atom is -0.481 e. The zero-order valence-corrected chi connectivity index (χ0v) is 12.6. The number of pyridine rings is 1. The van der Waals surface area contributed by atoms with E-state index in [1.807, 2.05) is 0 Å². The second-order valence-electron chi connectivity index (χ2n) is 4.11. The van der Waals surface area contributed by atoms with Crippen molar-refractivity contribution in [1.82, 2.24) is 4.98 Å². The molecule has 0 radical (unpaired) electrons. The summed E-state index contributed by atoms with van der Waals surface area (Å²) >= 11 is 0. The van der Waals surface area contributed by atoms with Crippen molar-refractivity contribution in [3.05, 3.63) is 30.1 Å². The first-order valence-corrected chi connectivity index (χ1v) is 5.74. The van der Waals surface area contributed by atoms with E-state index >= 15 is 0 Å². The molecule has 0 saturated carbocycles. The third kappa shape index (κ3) is 5.76. The van der Waals surface area contributed by atoms with Gasteiger partial charge in [0.1, 0.15) is 5.69 Å². The van der Waals surface area contributed by atoms with Crippen molar-refractivity contribution in [2.75, 3.05) is 0 Å². The number of esters is 2. The van der Waals surface area contributed by atoms with Crippen molar-refractivity contribution >= 4 is 23.9 Å². The van der Waals surface area contributed by atoms with Crippen LogP contribution in [0.15, 0.2) is 24.4 Å². The SMILES string of the molecule is O=C(O)CC(CC(=O)OC(=O)c1ccccn1)(OO)C(=O)O.[Cr]. The largest absolute Gasteiger partial charge is 0.481 e. The molecule has 1 aromatic rings. The van der Waals surface area contributed by atoms with Gasteiger partial charge in [-0.2, -0.15) is 0 Å². The molecule has 1 aromatic heterocycles. The van der Waals surface area contributed by atoms with E-state index in [0.29, 0.717) is 0 Å². The smallest absolute Gasteiger partial charge is 0.364 e. The Morgan fingerprint density at radius 2 is 1.78 bits per heavy atom. The van der Waals surface area contributed by atoms with Crippen molar-refractivity contribution in [3.63, 3.8) is 0 Å². The van der Waals surface area contributed by atoms with Crippen molar-refractivity contribution in [1.29, 1.82) is 0 Å². The van der Waals surface area contributed by atoms with E-state index in [9.17, 15) is 19.2 Å². The Bertz CT molecular complexity index is 591. The molecule has 0 aliphatic carbocycles. The Labute approximate surface area is 139 Å². The molecule has 1 atom stereocenters. The number of carboxylic acid groups (broad SMARTS) is 2. The summed E-state index contributed by atoms with van der Waals surface area (Å²) in [5, 5.41) is 26.2. The van der Waals surface area contributed by atoms with Gasteiger partial charge in [-0.25, -0.2) is 19.5 Å². The van der Waals surface area contributed by atoms with Gasteiger partial charge in [0, 0.05) is 23.6 Å². The van der Waals surface area contributed by atoms with Gasteiger partial charge in [0.15, 0.2) is 0 Å². The van der Waals surface area contributed by atoms with E-state index in [2.05, 4.69) is 14.6 Å². The van der Waals surface area contributed by atoms with Crippen LogP contribution in [0.4, 0.5) is 0 Å². The van der Waals surface area contributed by atoms with Gasteiger partial charge in [-0.3, -0.25) is 14.8 Å². The van der Waals surface area contributed by atoms with Gasteiger partial charge in [0.2, 0.25) is 5.60 Å². The number of nitrogens with zero attached hydrogens (tertiary/aromatic N) is 1. The molecule has 3 N–H and O–H groups in total. The second-order valence-corrected chi connectivity index (χ2v) is 4.11. The van der Waals surface area contributed by atoms with E-state index < -0.39 is 42.3 Å². The molecule has 0 aliphatic rings. The number of aliphatic carboxylic acids is 2. The first-order valence-electron chi connectivity index (χ1n) is 5.74. The van der Waals surface area contributed by atoms with Gasteiger partial charge in [-0.15, -0.1) is 0 Å². The minimum atomic E-state index is -2.76. The van der Waals surface area contributed by atoms with Crippen LogP contribution in [0.5, 0.6) is 0 Å². The van der Waals surface area contributed by atoms with Crippen molar-refractivity contribution in [2.24, 2.45) is 0 Å². The summed E-state index contributed by atoms with van der Waals surface area (Å²) in [6, 6.07) is 4.22. The molecule has 0 aromatic carbocycles. The van der Waals surface area contributed by atoms with Crippen LogP contribution in [0.2, 0.25) is 0 Å². The standard InChI is InChI=1S/C12H11NO9.Cr/c14-8(15)5-12(22-20,11(18)19)6-9(16)21-10(17)7-3-1-2-4-13-7;/h1-4,20H,5-6H2,(H,14,15)(H,18,19);. The molecule has 10 nitrogen and oxygen atoms in total. The minimum absolute atomic E-state index is 0.